The number of halogens is 1. The van der Waals surface area contributed by atoms with Crippen LogP contribution in [0.1, 0.15) is 23.2 Å². The molecule has 1 amide bonds. The molecule has 3 N–H and O–H groups in total. The second-order valence-corrected chi connectivity index (χ2v) is 8.11. The lowest BCUT2D eigenvalue weighted by atomic mass is 10.2. The number of aliphatic hydroxyl groups is 1. The van der Waals surface area contributed by atoms with Crippen molar-refractivity contribution in [2.75, 3.05) is 18.5 Å². The van der Waals surface area contributed by atoms with Gasteiger partial charge in [0.05, 0.1) is 21.3 Å². The summed E-state index contributed by atoms with van der Waals surface area (Å²) in [6, 6.07) is 11.0. The number of hydrogen-bond acceptors (Lipinski definition) is 6. The molecule has 0 aliphatic carbocycles. The molecular formula is C20H20ClN5O2S. The minimum absolute atomic E-state index is 0.132. The molecule has 0 unspecified atom stereocenters. The van der Waals surface area contributed by atoms with E-state index in [2.05, 4.69) is 20.6 Å². The van der Waals surface area contributed by atoms with E-state index in [0.29, 0.717) is 29.5 Å². The van der Waals surface area contributed by atoms with Crippen LogP contribution in [0.25, 0.3) is 21.3 Å². The molecule has 29 heavy (non-hydrogen) atoms. The van der Waals surface area contributed by atoms with Gasteiger partial charge in [0.1, 0.15) is 0 Å². The Hall–Kier alpha value is -2.68. The number of fused-ring (bicyclic) bond motifs is 2. The number of unbranched alkanes of at least 4 members (excludes halogenated alkanes) is 1. The molecule has 7 nitrogen and oxygen atoms in total. The van der Waals surface area contributed by atoms with Crippen molar-refractivity contribution in [2.24, 2.45) is 7.05 Å². The third-order valence-corrected chi connectivity index (χ3v) is 5.75. The van der Waals surface area contributed by atoms with Gasteiger partial charge in [-0.25, -0.2) is 9.97 Å². The van der Waals surface area contributed by atoms with Gasteiger partial charge < -0.3 is 20.3 Å². The Morgan fingerprint density at radius 3 is 2.86 bits per heavy atom. The number of benzene rings is 2. The lowest BCUT2D eigenvalue weighted by molar-refractivity contribution is 0.0952. The highest BCUT2D eigenvalue weighted by Gasteiger charge is 2.13. The summed E-state index contributed by atoms with van der Waals surface area (Å²) < 4.78 is 2.93. The van der Waals surface area contributed by atoms with Gasteiger partial charge in [-0.1, -0.05) is 22.9 Å². The van der Waals surface area contributed by atoms with E-state index in [1.54, 1.807) is 12.1 Å². The van der Waals surface area contributed by atoms with Gasteiger partial charge in [-0.3, -0.25) is 4.79 Å². The molecule has 4 rings (SSSR count). The molecule has 0 saturated carbocycles. The molecule has 2 aromatic carbocycles. The molecule has 150 valence electrons. The molecule has 4 aromatic rings. The van der Waals surface area contributed by atoms with Crippen LogP contribution in [0.3, 0.4) is 0 Å². The van der Waals surface area contributed by atoms with Crippen LogP contribution in [-0.2, 0) is 7.05 Å². The highest BCUT2D eigenvalue weighted by molar-refractivity contribution is 7.22. The molecule has 0 atom stereocenters. The van der Waals surface area contributed by atoms with Crippen LogP contribution in [-0.4, -0.2) is 38.7 Å². The molecule has 0 radical (unpaired) electrons. The van der Waals surface area contributed by atoms with Gasteiger partial charge in [0.25, 0.3) is 5.91 Å². The second kappa shape index (κ2) is 8.36. The third kappa shape index (κ3) is 4.19. The van der Waals surface area contributed by atoms with Crippen molar-refractivity contribution >= 4 is 61.2 Å². The topological polar surface area (TPSA) is 92.1 Å². The number of aryl methyl sites for hydroxylation is 1. The van der Waals surface area contributed by atoms with Crippen molar-refractivity contribution in [3.05, 3.63) is 47.0 Å². The number of anilines is 2. The van der Waals surface area contributed by atoms with Crippen molar-refractivity contribution in [3.8, 4) is 0 Å². The normalized spacial score (nSPS) is 11.3. The van der Waals surface area contributed by atoms with Crippen molar-refractivity contribution in [1.29, 1.82) is 0 Å². The quantitative estimate of drug-likeness (QED) is 0.385. The fourth-order valence-electron chi connectivity index (χ4n) is 3.04. The maximum absolute atomic E-state index is 12.3. The van der Waals surface area contributed by atoms with E-state index in [1.807, 2.05) is 35.9 Å². The van der Waals surface area contributed by atoms with Gasteiger partial charge in [-0.15, -0.1) is 0 Å². The number of imidazole rings is 1. The number of hydrogen-bond donors (Lipinski definition) is 3. The molecule has 0 aliphatic heterocycles. The summed E-state index contributed by atoms with van der Waals surface area (Å²) in [7, 11) is 1.91. The van der Waals surface area contributed by atoms with Crippen LogP contribution in [0.2, 0.25) is 5.02 Å². The lowest BCUT2D eigenvalue weighted by Crippen LogP contribution is -2.24. The van der Waals surface area contributed by atoms with Gasteiger partial charge in [0.15, 0.2) is 5.13 Å². The van der Waals surface area contributed by atoms with Crippen LogP contribution in [0.5, 0.6) is 0 Å². The van der Waals surface area contributed by atoms with Crippen LogP contribution in [0, 0.1) is 0 Å². The summed E-state index contributed by atoms with van der Waals surface area (Å²) in [5.41, 5.74) is 3.07. The summed E-state index contributed by atoms with van der Waals surface area (Å²) in [4.78, 5) is 21.5. The third-order valence-electron chi connectivity index (χ3n) is 4.58. The van der Waals surface area contributed by atoms with Crippen LogP contribution in [0.15, 0.2) is 36.4 Å². The summed E-state index contributed by atoms with van der Waals surface area (Å²) in [5.74, 6) is 0.499. The van der Waals surface area contributed by atoms with E-state index >= 15 is 0 Å². The number of aromatic nitrogens is 3. The summed E-state index contributed by atoms with van der Waals surface area (Å²) in [5, 5.41) is 16.3. The zero-order valence-electron chi connectivity index (χ0n) is 15.8. The largest absolute Gasteiger partial charge is 0.396 e. The molecule has 2 heterocycles. The number of carbonyl (C=O) groups is 1. The first-order valence-electron chi connectivity index (χ1n) is 9.24. The van der Waals surface area contributed by atoms with E-state index in [9.17, 15) is 4.79 Å². The van der Waals surface area contributed by atoms with Crippen LogP contribution >= 0.6 is 22.9 Å². The zero-order chi connectivity index (χ0) is 20.4. The summed E-state index contributed by atoms with van der Waals surface area (Å²) >= 11 is 7.56. The predicted octanol–water partition coefficient (Wildman–Crippen LogP) is 4.08. The number of carbonyl (C=O) groups excluding carboxylic acids is 1. The van der Waals surface area contributed by atoms with Gasteiger partial charge in [-0.05, 0) is 49.2 Å². The van der Waals surface area contributed by atoms with Gasteiger partial charge in [-0.2, -0.15) is 0 Å². The monoisotopic (exact) mass is 429 g/mol. The molecule has 0 aliphatic rings. The van der Waals surface area contributed by atoms with E-state index in [0.717, 1.165) is 32.8 Å². The maximum atomic E-state index is 12.3. The van der Waals surface area contributed by atoms with E-state index < -0.39 is 0 Å². The first-order valence-corrected chi connectivity index (χ1v) is 10.4. The van der Waals surface area contributed by atoms with Crippen LogP contribution < -0.4 is 10.6 Å². The smallest absolute Gasteiger partial charge is 0.251 e. The molecule has 0 fully saturated rings. The molecule has 9 heteroatoms. The Balaban J connectivity index is 1.55. The standard InChI is InChI=1S/C20H20ClN5O2S/c1-26-16-7-4-12(18(28)22-8-2-3-9-27)10-15(16)23-19(26)25-20-24-14-6-5-13(21)11-17(14)29-20/h4-7,10-11,27H,2-3,8-9H2,1H3,(H,22,28)(H,23,24,25). The highest BCUT2D eigenvalue weighted by atomic mass is 35.5. The highest BCUT2D eigenvalue weighted by Crippen LogP contribution is 2.31. The van der Waals surface area contributed by atoms with E-state index in [-0.39, 0.29) is 12.5 Å². The van der Waals surface area contributed by atoms with Crippen molar-refractivity contribution in [2.45, 2.75) is 12.8 Å². The maximum Gasteiger partial charge on any atom is 0.251 e. The Bertz CT molecular complexity index is 1190. The number of nitrogens with one attached hydrogen (secondary N) is 2. The molecule has 2 aromatic heterocycles. The van der Waals surface area contributed by atoms with Crippen LogP contribution in [0.4, 0.5) is 11.1 Å². The Morgan fingerprint density at radius 2 is 2.03 bits per heavy atom. The molecule has 0 bridgehead atoms. The fourth-order valence-corrected chi connectivity index (χ4v) is 4.18. The molecule has 0 saturated heterocycles. The van der Waals surface area contributed by atoms with E-state index in [1.165, 1.54) is 11.3 Å². The Kier molecular flexibility index (Phi) is 5.66. The van der Waals surface area contributed by atoms with Crippen molar-refractivity contribution in [3.63, 3.8) is 0 Å². The second-order valence-electron chi connectivity index (χ2n) is 6.64. The van der Waals surface area contributed by atoms with Crippen molar-refractivity contribution < 1.29 is 9.90 Å². The average molecular weight is 430 g/mol. The number of nitrogens with zero attached hydrogens (tertiary/aromatic N) is 3. The summed E-state index contributed by atoms with van der Waals surface area (Å²) in [6.07, 6.45) is 1.42. The predicted molar refractivity (Wildman–Crippen MR) is 117 cm³/mol. The molecule has 0 spiro atoms. The van der Waals surface area contributed by atoms with E-state index in [4.69, 9.17) is 16.7 Å². The SMILES string of the molecule is Cn1c(Nc2nc3ccc(Cl)cc3s2)nc2cc(C(=O)NCCCCO)ccc21. The van der Waals surface area contributed by atoms with Gasteiger partial charge in [0, 0.05) is 30.8 Å². The number of amides is 1. The fraction of sp³-hybridized carbons (Fsp3) is 0.250. The Labute approximate surface area is 176 Å². The zero-order valence-corrected chi connectivity index (χ0v) is 17.3. The summed E-state index contributed by atoms with van der Waals surface area (Å²) in [6.45, 7) is 0.668. The molecular weight excluding hydrogens is 410 g/mol. The number of aliphatic hydroxyl groups excluding tert-OH is 1. The van der Waals surface area contributed by atoms with Gasteiger partial charge in [0.2, 0.25) is 5.95 Å². The first-order chi connectivity index (χ1) is 14.0. The number of rotatable bonds is 7. The van der Waals surface area contributed by atoms with Crippen molar-refractivity contribution in [1.82, 2.24) is 19.9 Å². The minimum Gasteiger partial charge on any atom is -0.396 e. The lowest BCUT2D eigenvalue weighted by Gasteiger charge is -2.05. The Morgan fingerprint density at radius 1 is 1.17 bits per heavy atom. The first kappa shape index (κ1) is 19.6. The van der Waals surface area contributed by atoms with Gasteiger partial charge >= 0.3 is 0 Å². The average Bonchev–Trinajstić information content (AvgIpc) is 3.25. The minimum atomic E-state index is -0.145. The number of thiazole rings is 1.